The molecule has 0 fully saturated rings. The van der Waals surface area contributed by atoms with Crippen molar-refractivity contribution < 1.29 is 9.47 Å². The molecule has 0 radical (unpaired) electrons. The van der Waals surface area contributed by atoms with E-state index in [9.17, 15) is 4.79 Å². The van der Waals surface area contributed by atoms with Crippen molar-refractivity contribution in [2.24, 2.45) is 0 Å². The van der Waals surface area contributed by atoms with Gasteiger partial charge in [0.25, 0.3) is 0 Å². The highest BCUT2D eigenvalue weighted by molar-refractivity contribution is 7.99. The van der Waals surface area contributed by atoms with Gasteiger partial charge in [-0.1, -0.05) is 6.07 Å². The molecule has 0 aliphatic rings. The summed E-state index contributed by atoms with van der Waals surface area (Å²) in [6, 6.07) is 9.07. The first-order chi connectivity index (χ1) is 11.4. The van der Waals surface area contributed by atoms with Crippen LogP contribution in [0.4, 0.5) is 0 Å². The lowest BCUT2D eigenvalue weighted by atomic mass is 10.2. The van der Waals surface area contributed by atoms with Crippen LogP contribution in [0.2, 0.25) is 0 Å². The number of aromatic nitrogens is 1. The topological polar surface area (TPSA) is 40.5 Å². The van der Waals surface area contributed by atoms with E-state index in [1.807, 2.05) is 62.1 Å². The van der Waals surface area contributed by atoms with Crippen molar-refractivity contribution in [2.75, 3.05) is 13.4 Å². The van der Waals surface area contributed by atoms with E-state index in [0.29, 0.717) is 5.75 Å². The molecule has 128 valence electrons. The van der Waals surface area contributed by atoms with Crippen molar-refractivity contribution in [1.82, 2.24) is 4.57 Å². The largest absolute Gasteiger partial charge is 0.493 e. The summed E-state index contributed by atoms with van der Waals surface area (Å²) in [6.45, 7) is 5.84. The Bertz CT molecular complexity index is 769. The smallest absolute Gasteiger partial charge is 0.182 e. The SMILES string of the molecule is COc1ccc(/C=C/n2c(C)cc(=O)cc2C)cc1OC(C)SC. The molecule has 0 saturated carbocycles. The first-order valence-corrected chi connectivity index (χ1v) is 8.99. The van der Waals surface area contributed by atoms with Gasteiger partial charge in [0.2, 0.25) is 0 Å². The minimum absolute atomic E-state index is 0.0286. The van der Waals surface area contributed by atoms with Gasteiger partial charge in [-0.2, -0.15) is 0 Å². The number of pyridine rings is 1. The number of thioether (sulfide) groups is 1. The van der Waals surface area contributed by atoms with Crippen LogP contribution >= 0.6 is 11.8 Å². The second-order valence-corrected chi connectivity index (χ2v) is 6.63. The molecule has 4 nitrogen and oxygen atoms in total. The van der Waals surface area contributed by atoms with E-state index in [1.54, 1.807) is 31.0 Å². The maximum atomic E-state index is 11.5. The molecule has 2 rings (SSSR count). The zero-order valence-electron chi connectivity index (χ0n) is 14.7. The molecular weight excluding hydrogens is 322 g/mol. The van der Waals surface area contributed by atoms with Crippen LogP contribution in [-0.4, -0.2) is 23.4 Å². The molecule has 1 heterocycles. The van der Waals surface area contributed by atoms with Crippen LogP contribution in [0.3, 0.4) is 0 Å². The second kappa shape index (κ2) is 8.11. The summed E-state index contributed by atoms with van der Waals surface area (Å²) in [7, 11) is 1.63. The summed E-state index contributed by atoms with van der Waals surface area (Å²) >= 11 is 1.63. The van der Waals surface area contributed by atoms with E-state index in [0.717, 1.165) is 22.7 Å². The Morgan fingerprint density at radius 1 is 1.12 bits per heavy atom. The summed E-state index contributed by atoms with van der Waals surface area (Å²) in [4.78, 5) is 11.5. The molecule has 0 N–H and O–H groups in total. The van der Waals surface area contributed by atoms with Crippen LogP contribution in [0.5, 0.6) is 11.5 Å². The van der Waals surface area contributed by atoms with E-state index < -0.39 is 0 Å². The number of hydrogen-bond donors (Lipinski definition) is 0. The Morgan fingerprint density at radius 3 is 2.38 bits per heavy atom. The number of rotatable bonds is 6. The average Bonchev–Trinajstić information content (AvgIpc) is 2.54. The van der Waals surface area contributed by atoms with Crippen LogP contribution in [-0.2, 0) is 0 Å². The maximum absolute atomic E-state index is 11.5. The fourth-order valence-corrected chi connectivity index (χ4v) is 2.58. The molecule has 0 saturated heterocycles. The van der Waals surface area contributed by atoms with Crippen LogP contribution in [0.25, 0.3) is 12.3 Å². The minimum Gasteiger partial charge on any atom is -0.493 e. The first-order valence-electron chi connectivity index (χ1n) is 7.70. The molecule has 1 aromatic heterocycles. The van der Waals surface area contributed by atoms with Gasteiger partial charge in [-0.3, -0.25) is 4.79 Å². The van der Waals surface area contributed by atoms with Gasteiger partial charge in [0, 0.05) is 29.7 Å². The van der Waals surface area contributed by atoms with Gasteiger partial charge >= 0.3 is 0 Å². The Balaban J connectivity index is 2.33. The molecule has 24 heavy (non-hydrogen) atoms. The third-order valence-electron chi connectivity index (χ3n) is 3.69. The van der Waals surface area contributed by atoms with Crippen molar-refractivity contribution in [1.29, 1.82) is 0 Å². The monoisotopic (exact) mass is 345 g/mol. The second-order valence-electron chi connectivity index (χ2n) is 5.49. The minimum atomic E-state index is 0.0286. The molecule has 0 aliphatic carbocycles. The molecule has 1 unspecified atom stereocenters. The quantitative estimate of drug-likeness (QED) is 0.736. The van der Waals surface area contributed by atoms with Crippen molar-refractivity contribution in [2.45, 2.75) is 26.2 Å². The molecule has 0 spiro atoms. The summed E-state index contributed by atoms with van der Waals surface area (Å²) in [5.41, 5.74) is 2.87. The van der Waals surface area contributed by atoms with Gasteiger partial charge in [-0.15, -0.1) is 11.8 Å². The van der Waals surface area contributed by atoms with E-state index in [-0.39, 0.29) is 10.9 Å². The van der Waals surface area contributed by atoms with E-state index >= 15 is 0 Å². The third-order valence-corrected chi connectivity index (χ3v) is 4.45. The number of aryl methyl sites for hydroxylation is 2. The van der Waals surface area contributed by atoms with Crippen molar-refractivity contribution >= 4 is 24.0 Å². The number of methoxy groups -OCH3 is 1. The fourth-order valence-electron chi connectivity index (χ4n) is 2.38. The average molecular weight is 345 g/mol. The molecule has 1 aromatic carbocycles. The molecular formula is C19H23NO3S. The number of hydrogen-bond acceptors (Lipinski definition) is 4. The summed E-state index contributed by atoms with van der Waals surface area (Å²) in [6.07, 6.45) is 5.94. The van der Waals surface area contributed by atoms with Crippen LogP contribution in [0, 0.1) is 13.8 Å². The number of benzene rings is 1. The zero-order chi connectivity index (χ0) is 17.7. The van der Waals surface area contributed by atoms with Gasteiger partial charge < -0.3 is 14.0 Å². The van der Waals surface area contributed by atoms with Crippen LogP contribution < -0.4 is 14.9 Å². The maximum Gasteiger partial charge on any atom is 0.182 e. The highest BCUT2D eigenvalue weighted by atomic mass is 32.2. The summed E-state index contributed by atoms with van der Waals surface area (Å²) in [5, 5.41) is 0. The standard InChI is InChI=1S/C19H23NO3S/c1-13-10-17(21)11-14(2)20(13)9-8-16-6-7-18(22-4)19(12-16)23-15(3)24-5/h6-12,15H,1-5H3/b9-8+. The van der Waals surface area contributed by atoms with Crippen molar-refractivity contribution in [3.05, 3.63) is 57.5 Å². The Labute approximate surface area is 147 Å². The lowest BCUT2D eigenvalue weighted by Crippen LogP contribution is -2.08. The van der Waals surface area contributed by atoms with Gasteiger partial charge in [-0.05, 0) is 50.8 Å². The predicted octanol–water partition coefficient (Wildman–Crippen LogP) is 4.19. The molecule has 0 aliphatic heterocycles. The predicted molar refractivity (Wildman–Crippen MR) is 102 cm³/mol. The molecule has 2 aromatic rings. The Kier molecular flexibility index (Phi) is 6.15. The normalized spacial score (nSPS) is 12.4. The zero-order valence-corrected chi connectivity index (χ0v) is 15.5. The lowest BCUT2D eigenvalue weighted by molar-refractivity contribution is 0.286. The van der Waals surface area contributed by atoms with Crippen molar-refractivity contribution in [3.8, 4) is 11.5 Å². The van der Waals surface area contributed by atoms with Gasteiger partial charge in [0.15, 0.2) is 16.9 Å². The van der Waals surface area contributed by atoms with E-state index in [2.05, 4.69) is 0 Å². The molecule has 0 bridgehead atoms. The summed E-state index contributed by atoms with van der Waals surface area (Å²) < 4.78 is 13.2. The molecule has 5 heteroatoms. The van der Waals surface area contributed by atoms with Gasteiger partial charge in [0.05, 0.1) is 7.11 Å². The first kappa shape index (κ1) is 18.2. The lowest BCUT2D eigenvalue weighted by Gasteiger charge is -2.15. The Hall–Kier alpha value is -2.14. The Morgan fingerprint density at radius 2 is 1.79 bits per heavy atom. The third kappa shape index (κ3) is 4.45. The molecule has 0 amide bonds. The molecule has 1 atom stereocenters. The van der Waals surface area contributed by atoms with Gasteiger partial charge in [-0.25, -0.2) is 0 Å². The number of ether oxygens (including phenoxy) is 2. The van der Waals surface area contributed by atoms with E-state index in [4.69, 9.17) is 9.47 Å². The fraction of sp³-hybridized carbons (Fsp3) is 0.316. The summed E-state index contributed by atoms with van der Waals surface area (Å²) in [5.74, 6) is 1.43. The van der Waals surface area contributed by atoms with Crippen molar-refractivity contribution in [3.63, 3.8) is 0 Å². The number of nitrogens with zero attached hydrogens (tertiary/aromatic N) is 1. The van der Waals surface area contributed by atoms with Crippen LogP contribution in [0.15, 0.2) is 35.1 Å². The highest BCUT2D eigenvalue weighted by Crippen LogP contribution is 2.30. The highest BCUT2D eigenvalue weighted by Gasteiger charge is 2.08. The van der Waals surface area contributed by atoms with Crippen LogP contribution in [0.1, 0.15) is 23.9 Å². The van der Waals surface area contributed by atoms with E-state index in [1.165, 1.54) is 0 Å². The van der Waals surface area contributed by atoms with Gasteiger partial charge in [0.1, 0.15) is 5.44 Å².